The van der Waals surface area contributed by atoms with Gasteiger partial charge in [-0.05, 0) is 43.7 Å². The van der Waals surface area contributed by atoms with Crippen LogP contribution in [0.2, 0.25) is 0 Å². The number of aryl methyl sites for hydroxylation is 1. The van der Waals surface area contributed by atoms with Gasteiger partial charge in [0.2, 0.25) is 0 Å². The lowest BCUT2D eigenvalue weighted by atomic mass is 10.1. The van der Waals surface area contributed by atoms with E-state index in [1.807, 2.05) is 13.1 Å². The number of hydrogen-bond donors (Lipinski definition) is 2. The Morgan fingerprint density at radius 3 is 2.74 bits per heavy atom. The maximum Gasteiger partial charge on any atom is 0.336 e. The van der Waals surface area contributed by atoms with Gasteiger partial charge in [-0.1, -0.05) is 13.0 Å². The van der Waals surface area contributed by atoms with Crippen molar-refractivity contribution in [3.8, 4) is 6.01 Å². The van der Waals surface area contributed by atoms with E-state index in [0.29, 0.717) is 31.5 Å². The molecule has 9 heteroatoms. The molecular formula is C22H31N7O2. The molecule has 1 saturated heterocycles. The molecule has 0 unspecified atom stereocenters. The molecule has 0 radical (unpaired) electrons. The second kappa shape index (κ2) is 9.47. The monoisotopic (exact) mass is 425 g/mol. The van der Waals surface area contributed by atoms with Crippen molar-refractivity contribution in [1.82, 2.24) is 24.6 Å². The summed E-state index contributed by atoms with van der Waals surface area (Å²) in [6.45, 7) is 6.53. The van der Waals surface area contributed by atoms with Crippen LogP contribution in [0.5, 0.6) is 6.01 Å². The third-order valence-electron chi connectivity index (χ3n) is 5.74. The molecule has 0 spiro atoms. The van der Waals surface area contributed by atoms with Gasteiger partial charge in [-0.2, -0.15) is 4.98 Å². The van der Waals surface area contributed by atoms with E-state index in [0.717, 1.165) is 30.2 Å². The van der Waals surface area contributed by atoms with Crippen molar-refractivity contribution in [2.75, 3.05) is 30.3 Å². The molecule has 166 valence electrons. The van der Waals surface area contributed by atoms with Gasteiger partial charge in [-0.25, -0.2) is 14.5 Å². The van der Waals surface area contributed by atoms with Crippen LogP contribution in [0.3, 0.4) is 0 Å². The fourth-order valence-corrected chi connectivity index (χ4v) is 3.97. The third-order valence-corrected chi connectivity index (χ3v) is 5.74. The number of aliphatic hydroxyl groups is 1. The highest BCUT2D eigenvalue weighted by Crippen LogP contribution is 2.23. The van der Waals surface area contributed by atoms with E-state index in [1.165, 1.54) is 24.8 Å². The summed E-state index contributed by atoms with van der Waals surface area (Å²) in [5.74, 6) is 1.35. The van der Waals surface area contributed by atoms with Gasteiger partial charge in [0, 0.05) is 32.1 Å². The second-order valence-electron chi connectivity index (χ2n) is 8.17. The Hall–Kier alpha value is -2.94. The number of fused-ring (bicyclic) bond motifs is 1. The summed E-state index contributed by atoms with van der Waals surface area (Å²) in [7, 11) is 0. The van der Waals surface area contributed by atoms with Crippen molar-refractivity contribution in [3.05, 3.63) is 35.3 Å². The van der Waals surface area contributed by atoms with Crippen LogP contribution in [-0.4, -0.2) is 55.5 Å². The smallest absolute Gasteiger partial charge is 0.336 e. The minimum atomic E-state index is -0.395. The zero-order valence-corrected chi connectivity index (χ0v) is 18.3. The summed E-state index contributed by atoms with van der Waals surface area (Å²) < 4.78 is 7.30. The van der Waals surface area contributed by atoms with E-state index < -0.39 is 6.10 Å². The van der Waals surface area contributed by atoms with Gasteiger partial charge in [0.1, 0.15) is 5.82 Å². The van der Waals surface area contributed by atoms with Gasteiger partial charge >= 0.3 is 6.01 Å². The lowest BCUT2D eigenvalue weighted by molar-refractivity contribution is 0.132. The molecule has 1 fully saturated rings. The van der Waals surface area contributed by atoms with Gasteiger partial charge in [-0.3, -0.25) is 0 Å². The maximum absolute atomic E-state index is 9.69. The van der Waals surface area contributed by atoms with Crippen LogP contribution in [0.15, 0.2) is 18.5 Å². The van der Waals surface area contributed by atoms with Gasteiger partial charge < -0.3 is 20.5 Å². The molecule has 1 aliphatic rings. The first-order chi connectivity index (χ1) is 15.0. The number of ether oxygens (including phenoxy) is 1. The van der Waals surface area contributed by atoms with E-state index in [-0.39, 0.29) is 11.8 Å². The van der Waals surface area contributed by atoms with E-state index in [1.54, 1.807) is 10.7 Å². The van der Waals surface area contributed by atoms with E-state index >= 15 is 0 Å². The summed E-state index contributed by atoms with van der Waals surface area (Å²) >= 11 is 0. The fourth-order valence-electron chi connectivity index (χ4n) is 3.97. The Balaban J connectivity index is 1.52. The number of pyridine rings is 1. The number of hydrogen-bond acceptors (Lipinski definition) is 8. The summed E-state index contributed by atoms with van der Waals surface area (Å²) in [5.41, 5.74) is 9.73. The summed E-state index contributed by atoms with van der Waals surface area (Å²) in [6, 6.07) is 2.37. The van der Waals surface area contributed by atoms with Crippen LogP contribution in [0.25, 0.3) is 5.65 Å². The first-order valence-electron chi connectivity index (χ1n) is 11.1. The zero-order chi connectivity index (χ0) is 21.8. The average molecular weight is 426 g/mol. The third kappa shape index (κ3) is 4.87. The molecule has 3 aromatic heterocycles. The van der Waals surface area contributed by atoms with E-state index in [9.17, 15) is 5.11 Å². The summed E-state index contributed by atoms with van der Waals surface area (Å²) in [5, 5.41) is 14.2. The van der Waals surface area contributed by atoms with E-state index in [4.69, 9.17) is 15.5 Å². The highest BCUT2D eigenvalue weighted by Gasteiger charge is 2.16. The van der Waals surface area contributed by atoms with Gasteiger partial charge in [0.25, 0.3) is 0 Å². The number of piperidine rings is 1. The number of rotatable bonds is 8. The van der Waals surface area contributed by atoms with Gasteiger partial charge in [-0.15, -0.1) is 5.10 Å². The van der Waals surface area contributed by atoms with Crippen molar-refractivity contribution in [3.63, 3.8) is 0 Å². The number of nitrogens with zero attached hydrogens (tertiary/aromatic N) is 6. The second-order valence-corrected chi connectivity index (χ2v) is 8.17. The molecule has 0 saturated carbocycles. The molecular weight excluding hydrogens is 394 g/mol. The van der Waals surface area contributed by atoms with Gasteiger partial charge in [0.15, 0.2) is 11.5 Å². The Kier molecular flexibility index (Phi) is 6.50. The molecule has 1 atom stereocenters. The number of aliphatic hydroxyl groups excluding tert-OH is 1. The minimum Gasteiger partial charge on any atom is -0.462 e. The summed E-state index contributed by atoms with van der Waals surface area (Å²) in [6.07, 6.45) is 8.89. The number of aromatic nitrogens is 5. The average Bonchev–Trinajstić information content (AvgIpc) is 3.17. The first-order valence-corrected chi connectivity index (χ1v) is 11.1. The number of imidazole rings is 1. The van der Waals surface area contributed by atoms with Crippen molar-refractivity contribution in [2.45, 2.75) is 58.5 Å². The SMILES string of the molecule is CC[C@H](O)CCOc1nc(N)c2ncc(Cc3cnc(N4CCCCC4)c(C)c3)n2n1. The predicted octanol–water partition coefficient (Wildman–Crippen LogP) is 2.53. The Morgan fingerprint density at radius 1 is 1.19 bits per heavy atom. The molecule has 31 heavy (non-hydrogen) atoms. The highest BCUT2D eigenvalue weighted by atomic mass is 16.5. The largest absolute Gasteiger partial charge is 0.462 e. The van der Waals surface area contributed by atoms with Gasteiger partial charge in [0.05, 0.1) is 24.6 Å². The van der Waals surface area contributed by atoms with Crippen molar-refractivity contribution >= 4 is 17.3 Å². The molecule has 3 N–H and O–H groups in total. The van der Waals surface area contributed by atoms with E-state index in [2.05, 4.69) is 33.0 Å². The number of nitrogens with two attached hydrogens (primary N) is 1. The lowest BCUT2D eigenvalue weighted by Crippen LogP contribution is -2.30. The molecule has 0 aromatic carbocycles. The molecule has 0 bridgehead atoms. The minimum absolute atomic E-state index is 0.183. The number of nitrogen functional groups attached to an aromatic ring is 1. The van der Waals surface area contributed by atoms with Crippen LogP contribution >= 0.6 is 0 Å². The quantitative estimate of drug-likeness (QED) is 0.566. The van der Waals surface area contributed by atoms with Crippen LogP contribution in [0, 0.1) is 6.92 Å². The van der Waals surface area contributed by atoms with Crippen molar-refractivity contribution in [2.24, 2.45) is 0 Å². The molecule has 0 amide bonds. The molecule has 4 rings (SSSR count). The fraction of sp³-hybridized carbons (Fsp3) is 0.545. The molecule has 4 heterocycles. The van der Waals surface area contributed by atoms with Crippen LogP contribution in [-0.2, 0) is 6.42 Å². The normalized spacial score (nSPS) is 15.4. The maximum atomic E-state index is 9.69. The molecule has 9 nitrogen and oxygen atoms in total. The number of anilines is 2. The highest BCUT2D eigenvalue weighted by molar-refractivity contribution is 5.60. The Bertz CT molecular complexity index is 1030. The predicted molar refractivity (Wildman–Crippen MR) is 119 cm³/mol. The first kappa shape index (κ1) is 21.3. The zero-order valence-electron chi connectivity index (χ0n) is 18.3. The molecule has 3 aromatic rings. The van der Waals surface area contributed by atoms with Crippen LogP contribution < -0.4 is 15.4 Å². The van der Waals surface area contributed by atoms with Crippen LogP contribution in [0.1, 0.15) is 55.8 Å². The molecule has 1 aliphatic heterocycles. The Morgan fingerprint density at radius 2 is 2.00 bits per heavy atom. The standard InChI is InChI=1S/C22H31N7O2/c1-3-18(30)7-10-31-22-26-19(23)21-25-14-17(29(21)27-22)12-16-11-15(2)20(24-13-16)28-8-5-4-6-9-28/h11,13-14,18,30H,3-10,12H2,1-2H3,(H2,23,26,27)/t18-/m0/s1. The topological polar surface area (TPSA) is 115 Å². The van der Waals surface area contributed by atoms with Crippen molar-refractivity contribution < 1.29 is 9.84 Å². The molecule has 0 aliphatic carbocycles. The van der Waals surface area contributed by atoms with Crippen molar-refractivity contribution in [1.29, 1.82) is 0 Å². The van der Waals surface area contributed by atoms with Crippen LogP contribution in [0.4, 0.5) is 11.6 Å². The lowest BCUT2D eigenvalue weighted by Gasteiger charge is -2.29. The summed E-state index contributed by atoms with van der Waals surface area (Å²) in [4.78, 5) is 15.7. The Labute approximate surface area is 182 Å².